The average Bonchev–Trinajstić information content (AvgIpc) is 2.97. The molecular weight excluding hydrogens is 262 g/mol. The molecule has 1 aromatic rings. The van der Waals surface area contributed by atoms with Crippen molar-refractivity contribution in [2.75, 3.05) is 19.7 Å². The van der Waals surface area contributed by atoms with Gasteiger partial charge in [0.2, 0.25) is 0 Å². The summed E-state index contributed by atoms with van der Waals surface area (Å²) in [4.78, 5) is 14.6. The Bertz CT molecular complexity index is 460. The Morgan fingerprint density at radius 3 is 2.76 bits per heavy atom. The molecule has 2 unspecified atom stereocenters. The minimum absolute atomic E-state index is 0.290. The van der Waals surface area contributed by atoms with Gasteiger partial charge in [-0.2, -0.15) is 0 Å². The second-order valence-electron chi connectivity index (χ2n) is 6.23. The molecule has 0 radical (unpaired) electrons. The van der Waals surface area contributed by atoms with E-state index in [-0.39, 0.29) is 5.92 Å². The van der Waals surface area contributed by atoms with Crippen molar-refractivity contribution >= 4 is 5.78 Å². The van der Waals surface area contributed by atoms with Crippen LogP contribution in [0.1, 0.15) is 38.5 Å². The maximum absolute atomic E-state index is 12.2. The zero-order valence-corrected chi connectivity index (χ0v) is 12.7. The first-order valence-electron chi connectivity index (χ1n) is 8.29. The van der Waals surface area contributed by atoms with Crippen molar-refractivity contribution in [1.29, 1.82) is 0 Å². The van der Waals surface area contributed by atoms with E-state index in [1.54, 1.807) is 0 Å². The van der Waals surface area contributed by atoms with Crippen molar-refractivity contribution in [3.8, 4) is 5.75 Å². The maximum Gasteiger partial charge on any atom is 0.137 e. The van der Waals surface area contributed by atoms with Crippen LogP contribution in [0.3, 0.4) is 0 Å². The van der Waals surface area contributed by atoms with Crippen LogP contribution in [0.2, 0.25) is 0 Å². The van der Waals surface area contributed by atoms with Crippen LogP contribution in [0, 0.1) is 5.92 Å². The Labute approximate surface area is 127 Å². The lowest BCUT2D eigenvalue weighted by Gasteiger charge is -2.33. The Kier molecular flexibility index (Phi) is 4.91. The second kappa shape index (κ2) is 7.08. The fourth-order valence-electron chi connectivity index (χ4n) is 3.80. The van der Waals surface area contributed by atoms with E-state index in [0.717, 1.165) is 38.1 Å². The molecule has 1 saturated heterocycles. The van der Waals surface area contributed by atoms with Gasteiger partial charge in [-0.25, -0.2) is 0 Å². The third kappa shape index (κ3) is 3.65. The average molecular weight is 287 g/mol. The number of likely N-dealkylation sites (tertiary alicyclic amines) is 1. The molecule has 21 heavy (non-hydrogen) atoms. The first-order chi connectivity index (χ1) is 10.3. The Morgan fingerprint density at radius 1 is 1.10 bits per heavy atom. The Balaban J connectivity index is 1.51. The van der Waals surface area contributed by atoms with Gasteiger partial charge in [0.05, 0.1) is 0 Å². The number of ether oxygens (including phenoxy) is 1. The Morgan fingerprint density at radius 2 is 1.95 bits per heavy atom. The highest BCUT2D eigenvalue weighted by atomic mass is 16.5. The largest absolute Gasteiger partial charge is 0.492 e. The van der Waals surface area contributed by atoms with E-state index >= 15 is 0 Å². The fourth-order valence-corrected chi connectivity index (χ4v) is 3.80. The van der Waals surface area contributed by atoms with Crippen LogP contribution < -0.4 is 4.74 Å². The molecule has 114 valence electrons. The second-order valence-corrected chi connectivity index (χ2v) is 6.23. The summed E-state index contributed by atoms with van der Waals surface area (Å²) < 4.78 is 5.80. The van der Waals surface area contributed by atoms with Crippen LogP contribution in [0.4, 0.5) is 0 Å². The molecule has 0 spiro atoms. The number of benzene rings is 1. The van der Waals surface area contributed by atoms with E-state index in [0.29, 0.717) is 18.4 Å². The van der Waals surface area contributed by atoms with Gasteiger partial charge in [-0.15, -0.1) is 0 Å². The SMILES string of the molecule is O=C1CCCCC1C1CCCN1CCOc1ccccc1. The summed E-state index contributed by atoms with van der Waals surface area (Å²) in [5, 5.41) is 0. The van der Waals surface area contributed by atoms with Gasteiger partial charge in [-0.3, -0.25) is 9.69 Å². The number of carbonyl (C=O) groups is 1. The van der Waals surface area contributed by atoms with Gasteiger partial charge in [0.25, 0.3) is 0 Å². The summed E-state index contributed by atoms with van der Waals surface area (Å²) in [7, 11) is 0. The molecule has 0 amide bonds. The van der Waals surface area contributed by atoms with E-state index in [2.05, 4.69) is 4.90 Å². The van der Waals surface area contributed by atoms with Gasteiger partial charge >= 0.3 is 0 Å². The normalized spacial score (nSPS) is 27.0. The highest BCUT2D eigenvalue weighted by molar-refractivity contribution is 5.82. The summed E-state index contributed by atoms with van der Waals surface area (Å²) in [6.07, 6.45) is 6.62. The number of carbonyl (C=O) groups excluding carboxylic acids is 1. The van der Waals surface area contributed by atoms with E-state index in [9.17, 15) is 4.79 Å². The molecule has 0 N–H and O–H groups in total. The number of para-hydroxylation sites is 1. The maximum atomic E-state index is 12.2. The quantitative estimate of drug-likeness (QED) is 0.832. The summed E-state index contributed by atoms with van der Waals surface area (Å²) in [5.74, 6) is 1.72. The molecule has 2 fully saturated rings. The summed E-state index contributed by atoms with van der Waals surface area (Å²) >= 11 is 0. The monoisotopic (exact) mass is 287 g/mol. The molecule has 1 saturated carbocycles. The van der Waals surface area contributed by atoms with E-state index in [1.807, 2.05) is 30.3 Å². The topological polar surface area (TPSA) is 29.5 Å². The van der Waals surface area contributed by atoms with Crippen LogP contribution in [-0.4, -0.2) is 36.4 Å². The lowest BCUT2D eigenvalue weighted by atomic mass is 9.82. The molecule has 1 heterocycles. The molecule has 1 aliphatic carbocycles. The van der Waals surface area contributed by atoms with Gasteiger partial charge in [0, 0.05) is 24.9 Å². The third-order valence-corrected chi connectivity index (χ3v) is 4.87. The van der Waals surface area contributed by atoms with Gasteiger partial charge < -0.3 is 4.74 Å². The first-order valence-corrected chi connectivity index (χ1v) is 8.29. The number of ketones is 1. The molecule has 0 aromatic heterocycles. The minimum Gasteiger partial charge on any atom is -0.492 e. The van der Waals surface area contributed by atoms with Crippen LogP contribution in [0.15, 0.2) is 30.3 Å². The summed E-state index contributed by atoms with van der Waals surface area (Å²) in [5.41, 5.74) is 0. The van der Waals surface area contributed by atoms with Crippen molar-refractivity contribution in [2.24, 2.45) is 5.92 Å². The van der Waals surface area contributed by atoms with Crippen molar-refractivity contribution in [3.63, 3.8) is 0 Å². The predicted octanol–water partition coefficient (Wildman–Crippen LogP) is 3.29. The number of rotatable bonds is 5. The van der Waals surface area contributed by atoms with Crippen LogP contribution in [0.25, 0.3) is 0 Å². The molecule has 3 rings (SSSR count). The van der Waals surface area contributed by atoms with Gasteiger partial charge in [0.15, 0.2) is 0 Å². The van der Waals surface area contributed by atoms with Crippen molar-refractivity contribution in [3.05, 3.63) is 30.3 Å². The van der Waals surface area contributed by atoms with E-state index < -0.39 is 0 Å². The van der Waals surface area contributed by atoms with Crippen LogP contribution >= 0.6 is 0 Å². The lowest BCUT2D eigenvalue weighted by Crippen LogP contribution is -2.42. The van der Waals surface area contributed by atoms with Gasteiger partial charge in [0.1, 0.15) is 18.1 Å². The van der Waals surface area contributed by atoms with E-state index in [1.165, 1.54) is 19.3 Å². The van der Waals surface area contributed by atoms with Crippen LogP contribution in [0.5, 0.6) is 5.75 Å². The highest BCUT2D eigenvalue weighted by Crippen LogP contribution is 2.32. The zero-order valence-electron chi connectivity index (χ0n) is 12.7. The van der Waals surface area contributed by atoms with Crippen molar-refractivity contribution in [2.45, 2.75) is 44.6 Å². The zero-order chi connectivity index (χ0) is 14.5. The smallest absolute Gasteiger partial charge is 0.137 e. The number of Topliss-reactive ketones (excluding diaryl/α,β-unsaturated/α-hetero) is 1. The molecule has 1 aliphatic heterocycles. The van der Waals surface area contributed by atoms with Gasteiger partial charge in [-0.05, 0) is 44.4 Å². The molecule has 3 nitrogen and oxygen atoms in total. The molecule has 2 atom stereocenters. The number of hydrogen-bond donors (Lipinski definition) is 0. The third-order valence-electron chi connectivity index (χ3n) is 4.87. The molecule has 1 aromatic carbocycles. The van der Waals surface area contributed by atoms with Gasteiger partial charge in [-0.1, -0.05) is 24.6 Å². The molecule has 0 bridgehead atoms. The minimum atomic E-state index is 0.290. The van der Waals surface area contributed by atoms with Crippen molar-refractivity contribution < 1.29 is 9.53 Å². The predicted molar refractivity (Wildman–Crippen MR) is 83.5 cm³/mol. The molecule has 3 heteroatoms. The van der Waals surface area contributed by atoms with Crippen LogP contribution in [-0.2, 0) is 4.79 Å². The van der Waals surface area contributed by atoms with E-state index in [4.69, 9.17) is 4.74 Å². The number of nitrogens with zero attached hydrogens (tertiary/aromatic N) is 1. The summed E-state index contributed by atoms with van der Waals surface area (Å²) in [6, 6.07) is 10.4. The van der Waals surface area contributed by atoms with Crippen molar-refractivity contribution in [1.82, 2.24) is 4.90 Å². The summed E-state index contributed by atoms with van der Waals surface area (Å²) in [6.45, 7) is 2.76. The highest BCUT2D eigenvalue weighted by Gasteiger charge is 2.36. The Hall–Kier alpha value is -1.35. The fraction of sp³-hybridized carbons (Fsp3) is 0.611. The standard InChI is InChI=1S/C18H25NO2/c20-18-11-5-4-9-16(18)17-10-6-12-19(17)13-14-21-15-7-2-1-3-8-15/h1-3,7-8,16-17H,4-6,9-14H2. The first kappa shape index (κ1) is 14.6. The molecular formula is C18H25NO2. The lowest BCUT2D eigenvalue weighted by molar-refractivity contribution is -0.126. The molecule has 2 aliphatic rings. The number of hydrogen-bond acceptors (Lipinski definition) is 3.